The molecule has 17 heavy (non-hydrogen) atoms. The Morgan fingerprint density at radius 1 is 1.35 bits per heavy atom. The molecule has 1 aromatic carbocycles. The molecular weight excluding hydrogens is 222 g/mol. The number of aliphatic hydroxyl groups is 1. The van der Waals surface area contributed by atoms with E-state index in [-0.39, 0.29) is 0 Å². The smallest absolute Gasteiger partial charge is 0.355 e. The Morgan fingerprint density at radius 2 is 1.94 bits per heavy atom. The van der Waals surface area contributed by atoms with Gasteiger partial charge in [-0.25, -0.2) is 4.79 Å². The first-order chi connectivity index (χ1) is 8.11. The van der Waals surface area contributed by atoms with Gasteiger partial charge in [0.1, 0.15) is 6.26 Å². The van der Waals surface area contributed by atoms with Gasteiger partial charge in [0.05, 0.1) is 6.04 Å². The average Bonchev–Trinajstić information content (AvgIpc) is 2.35. The van der Waals surface area contributed by atoms with Gasteiger partial charge in [-0.05, 0) is 12.5 Å². The third kappa shape index (κ3) is 2.84. The molecule has 0 spiro atoms. The van der Waals surface area contributed by atoms with Crippen LogP contribution in [-0.4, -0.2) is 27.5 Å². The van der Waals surface area contributed by atoms with Gasteiger partial charge < -0.3 is 10.2 Å². The lowest BCUT2D eigenvalue weighted by Crippen LogP contribution is -2.29. The Bertz CT molecular complexity index is 427. The number of carbonyl (C=O) groups excluding carboxylic acids is 1. The van der Waals surface area contributed by atoms with Crippen LogP contribution in [0.2, 0.25) is 0 Å². The summed E-state index contributed by atoms with van der Waals surface area (Å²) in [5.41, 5.74) is 0.316. The van der Waals surface area contributed by atoms with E-state index in [9.17, 15) is 9.59 Å². The average molecular weight is 235 g/mol. The van der Waals surface area contributed by atoms with Crippen LogP contribution in [0.15, 0.2) is 42.3 Å². The van der Waals surface area contributed by atoms with Crippen molar-refractivity contribution in [2.45, 2.75) is 13.0 Å². The van der Waals surface area contributed by atoms with Crippen LogP contribution in [0.4, 0.5) is 0 Å². The van der Waals surface area contributed by atoms with Gasteiger partial charge in [0, 0.05) is 0 Å². The van der Waals surface area contributed by atoms with E-state index in [2.05, 4.69) is 0 Å². The lowest BCUT2D eigenvalue weighted by molar-refractivity contribution is -0.137. The van der Waals surface area contributed by atoms with Gasteiger partial charge in [-0.15, -0.1) is 0 Å². The Balaban J connectivity index is 3.03. The number of carboxylic acid groups (broad SMARTS) is 1. The summed E-state index contributed by atoms with van der Waals surface area (Å²) in [6, 6.07) is 8.48. The highest BCUT2D eigenvalue weighted by molar-refractivity contribution is 5.88. The minimum Gasteiger partial charge on any atom is -0.513 e. The van der Waals surface area contributed by atoms with Crippen molar-refractivity contribution in [2.24, 2.45) is 0 Å². The standard InChI is InChI=1S/C12H13NO4/c1-9(10-5-3-2-4-6-10)13(8-15)11(7-14)12(16)17/h2-9,14H,1H3,(H,16,17)/b11-7+/t9-/m1/s1. The van der Waals surface area contributed by atoms with Crippen molar-refractivity contribution in [3.63, 3.8) is 0 Å². The molecular formula is C12H13NO4. The number of rotatable bonds is 5. The maximum Gasteiger partial charge on any atom is 0.355 e. The third-order valence-corrected chi connectivity index (χ3v) is 2.43. The van der Waals surface area contributed by atoms with E-state index in [1.165, 1.54) is 0 Å². The van der Waals surface area contributed by atoms with Gasteiger partial charge in [-0.3, -0.25) is 9.69 Å². The molecule has 0 fully saturated rings. The summed E-state index contributed by atoms with van der Waals surface area (Å²) in [5.74, 6) is -1.36. The molecule has 1 amide bonds. The van der Waals surface area contributed by atoms with Gasteiger partial charge >= 0.3 is 5.97 Å². The molecule has 2 N–H and O–H groups in total. The van der Waals surface area contributed by atoms with E-state index in [1.807, 2.05) is 6.07 Å². The van der Waals surface area contributed by atoms with Crippen LogP contribution in [-0.2, 0) is 9.59 Å². The molecule has 0 aromatic heterocycles. The maximum atomic E-state index is 10.9. The number of nitrogens with zero attached hydrogens (tertiary/aromatic N) is 1. The van der Waals surface area contributed by atoms with E-state index in [4.69, 9.17) is 10.2 Å². The number of carbonyl (C=O) groups is 2. The van der Waals surface area contributed by atoms with E-state index < -0.39 is 17.7 Å². The SMILES string of the molecule is C[C@H](c1ccccc1)N(C=O)/C(=C/O)C(=O)O. The van der Waals surface area contributed by atoms with E-state index in [1.54, 1.807) is 31.2 Å². The number of hydrogen-bond acceptors (Lipinski definition) is 3. The molecule has 5 heteroatoms. The number of carboxylic acids is 1. The van der Waals surface area contributed by atoms with Crippen LogP contribution in [0, 0.1) is 0 Å². The zero-order valence-corrected chi connectivity index (χ0v) is 9.28. The number of aliphatic carboxylic acids is 1. The van der Waals surface area contributed by atoms with E-state index in [0.717, 1.165) is 10.5 Å². The molecule has 0 heterocycles. The first-order valence-corrected chi connectivity index (χ1v) is 4.98. The Hall–Kier alpha value is -2.30. The summed E-state index contributed by atoms with van der Waals surface area (Å²) < 4.78 is 0. The number of benzene rings is 1. The summed E-state index contributed by atoms with van der Waals surface area (Å²) in [6.45, 7) is 1.68. The highest BCUT2D eigenvalue weighted by atomic mass is 16.4. The van der Waals surface area contributed by atoms with Gasteiger partial charge in [0.15, 0.2) is 5.70 Å². The largest absolute Gasteiger partial charge is 0.513 e. The lowest BCUT2D eigenvalue weighted by atomic mass is 10.1. The fourth-order valence-corrected chi connectivity index (χ4v) is 1.48. The second-order valence-corrected chi connectivity index (χ2v) is 3.42. The van der Waals surface area contributed by atoms with Gasteiger partial charge in [0.2, 0.25) is 6.41 Å². The fourth-order valence-electron chi connectivity index (χ4n) is 1.48. The first-order valence-electron chi connectivity index (χ1n) is 4.98. The molecule has 1 aromatic rings. The number of amides is 1. The minimum atomic E-state index is -1.36. The van der Waals surface area contributed by atoms with Crippen molar-refractivity contribution in [3.05, 3.63) is 47.9 Å². The number of hydrogen-bond donors (Lipinski definition) is 2. The lowest BCUT2D eigenvalue weighted by Gasteiger charge is -2.24. The molecule has 0 bridgehead atoms. The predicted molar refractivity (Wildman–Crippen MR) is 61.1 cm³/mol. The normalized spacial score (nSPS) is 12.9. The van der Waals surface area contributed by atoms with E-state index >= 15 is 0 Å². The molecule has 90 valence electrons. The number of aliphatic hydroxyl groups excluding tert-OH is 1. The Labute approximate surface area is 98.6 Å². The zero-order chi connectivity index (χ0) is 12.8. The monoisotopic (exact) mass is 235 g/mol. The highest BCUT2D eigenvalue weighted by Gasteiger charge is 2.22. The topological polar surface area (TPSA) is 77.8 Å². The molecule has 0 radical (unpaired) electrons. The van der Waals surface area contributed by atoms with Crippen molar-refractivity contribution >= 4 is 12.4 Å². The molecule has 1 atom stereocenters. The molecule has 0 aliphatic heterocycles. The zero-order valence-electron chi connectivity index (χ0n) is 9.28. The van der Waals surface area contributed by atoms with Crippen LogP contribution < -0.4 is 0 Å². The Kier molecular flexibility index (Phi) is 4.28. The second-order valence-electron chi connectivity index (χ2n) is 3.42. The molecule has 0 saturated heterocycles. The molecule has 5 nitrogen and oxygen atoms in total. The van der Waals surface area contributed by atoms with Crippen molar-refractivity contribution in [1.29, 1.82) is 0 Å². The summed E-state index contributed by atoms with van der Waals surface area (Å²) >= 11 is 0. The maximum absolute atomic E-state index is 10.9. The van der Waals surface area contributed by atoms with Gasteiger partial charge in [-0.1, -0.05) is 30.3 Å². The minimum absolute atomic E-state index is 0.383. The quantitative estimate of drug-likeness (QED) is 0.462. The van der Waals surface area contributed by atoms with Crippen LogP contribution in [0.3, 0.4) is 0 Å². The van der Waals surface area contributed by atoms with Crippen LogP contribution >= 0.6 is 0 Å². The summed E-state index contributed by atoms with van der Waals surface area (Å²) in [6.07, 6.45) is 0.796. The van der Waals surface area contributed by atoms with Crippen molar-refractivity contribution in [1.82, 2.24) is 4.90 Å². The molecule has 1 rings (SSSR count). The predicted octanol–water partition coefficient (Wildman–Crippen LogP) is 1.69. The highest BCUT2D eigenvalue weighted by Crippen LogP contribution is 2.22. The molecule has 0 aliphatic carbocycles. The van der Waals surface area contributed by atoms with Crippen molar-refractivity contribution < 1.29 is 19.8 Å². The van der Waals surface area contributed by atoms with E-state index in [0.29, 0.717) is 12.7 Å². The fraction of sp³-hybridized carbons (Fsp3) is 0.167. The van der Waals surface area contributed by atoms with Crippen molar-refractivity contribution in [2.75, 3.05) is 0 Å². The summed E-state index contributed by atoms with van der Waals surface area (Å²) in [5, 5.41) is 17.7. The molecule has 0 saturated carbocycles. The van der Waals surface area contributed by atoms with Crippen LogP contribution in [0.5, 0.6) is 0 Å². The summed E-state index contributed by atoms with van der Waals surface area (Å²) in [4.78, 5) is 22.7. The van der Waals surface area contributed by atoms with Gasteiger partial charge in [0.25, 0.3) is 0 Å². The third-order valence-electron chi connectivity index (χ3n) is 2.43. The van der Waals surface area contributed by atoms with Crippen molar-refractivity contribution in [3.8, 4) is 0 Å². The second kappa shape index (κ2) is 5.69. The van der Waals surface area contributed by atoms with Crippen LogP contribution in [0.25, 0.3) is 0 Å². The van der Waals surface area contributed by atoms with Gasteiger partial charge in [-0.2, -0.15) is 0 Å². The Morgan fingerprint density at radius 3 is 2.35 bits per heavy atom. The molecule has 0 unspecified atom stereocenters. The molecule has 0 aliphatic rings. The van der Waals surface area contributed by atoms with Crippen LogP contribution in [0.1, 0.15) is 18.5 Å². The first kappa shape index (κ1) is 12.8. The summed E-state index contributed by atoms with van der Waals surface area (Å²) in [7, 11) is 0.